The molecule has 0 saturated carbocycles. The number of nitrogens with zero attached hydrogens (tertiary/aromatic N) is 1. The summed E-state index contributed by atoms with van der Waals surface area (Å²) in [6, 6.07) is 6.80. The van der Waals surface area contributed by atoms with Crippen LogP contribution in [-0.2, 0) is 0 Å². The van der Waals surface area contributed by atoms with E-state index in [1.165, 1.54) is 37.6 Å². The Bertz CT molecular complexity index is 639. The number of carbonyl (C=O) groups excluding carboxylic acids is 1. The normalized spacial score (nSPS) is 11.0. The Hall–Kier alpha value is -2.57. The second-order valence-electron chi connectivity index (χ2n) is 4.01. The molecule has 2 aromatic rings. The Morgan fingerprint density at radius 1 is 1.14 bits per heavy atom. The lowest BCUT2D eigenvalue weighted by Crippen LogP contribution is -2.16. The number of aromatic nitrogens is 1. The van der Waals surface area contributed by atoms with E-state index in [4.69, 9.17) is 4.74 Å². The topological polar surface area (TPSA) is 48.4 Å². The van der Waals surface area contributed by atoms with E-state index in [9.17, 15) is 18.0 Å². The zero-order chi connectivity index (χ0) is 15.5. The molecule has 110 valence electrons. The predicted octanol–water partition coefficient (Wildman–Crippen LogP) is 3.47. The fourth-order valence-electron chi connectivity index (χ4n) is 1.73. The van der Waals surface area contributed by atoms with Crippen LogP contribution in [0.5, 0.6) is 11.6 Å². The minimum Gasteiger partial charge on any atom is -0.480 e. The summed E-state index contributed by atoms with van der Waals surface area (Å²) in [5.74, 6) is -0.130. The molecule has 0 atom stereocenters. The zero-order valence-corrected chi connectivity index (χ0v) is 10.8. The summed E-state index contributed by atoms with van der Waals surface area (Å²) < 4.78 is 44.9. The summed E-state index contributed by atoms with van der Waals surface area (Å²) >= 11 is 0. The molecule has 7 heteroatoms. The number of carbonyl (C=O) groups is 1. The van der Waals surface area contributed by atoms with Crippen molar-refractivity contribution in [1.82, 2.24) is 4.98 Å². The first-order valence-corrected chi connectivity index (χ1v) is 5.78. The van der Waals surface area contributed by atoms with Crippen LogP contribution in [0.1, 0.15) is 10.4 Å². The van der Waals surface area contributed by atoms with Gasteiger partial charge >= 0.3 is 6.36 Å². The maximum atomic E-state index is 12.1. The molecule has 1 heterocycles. The van der Waals surface area contributed by atoms with Crippen molar-refractivity contribution in [3.63, 3.8) is 0 Å². The minimum atomic E-state index is -4.73. The van der Waals surface area contributed by atoms with Crippen LogP contribution >= 0.6 is 0 Å². The number of hydrogen-bond donors (Lipinski definition) is 0. The quantitative estimate of drug-likeness (QED) is 0.811. The van der Waals surface area contributed by atoms with Crippen LogP contribution in [0.25, 0.3) is 11.1 Å². The van der Waals surface area contributed by atoms with Crippen molar-refractivity contribution < 1.29 is 27.4 Å². The molecule has 0 aliphatic carbocycles. The molecule has 0 spiro atoms. The van der Waals surface area contributed by atoms with Crippen LogP contribution < -0.4 is 9.47 Å². The van der Waals surface area contributed by atoms with Crippen molar-refractivity contribution in [1.29, 1.82) is 0 Å². The molecule has 0 saturated heterocycles. The molecule has 1 aromatic carbocycles. The van der Waals surface area contributed by atoms with Crippen molar-refractivity contribution in [3.8, 4) is 22.8 Å². The van der Waals surface area contributed by atoms with Crippen molar-refractivity contribution in [2.45, 2.75) is 6.36 Å². The summed E-state index contributed by atoms with van der Waals surface area (Å²) in [6.07, 6.45) is -2.67. The van der Waals surface area contributed by atoms with Gasteiger partial charge in [0.1, 0.15) is 5.75 Å². The third-order valence-electron chi connectivity index (χ3n) is 2.62. The summed E-state index contributed by atoms with van der Waals surface area (Å²) in [4.78, 5) is 14.9. The number of ether oxygens (including phenoxy) is 2. The molecule has 0 unspecified atom stereocenters. The third kappa shape index (κ3) is 3.71. The maximum absolute atomic E-state index is 12.1. The summed E-state index contributed by atoms with van der Waals surface area (Å²) in [6.45, 7) is 0. The molecule has 4 nitrogen and oxygen atoms in total. The van der Waals surface area contributed by atoms with Gasteiger partial charge in [0, 0.05) is 11.8 Å². The van der Waals surface area contributed by atoms with Gasteiger partial charge in [0.05, 0.1) is 12.7 Å². The second kappa shape index (κ2) is 5.82. The predicted molar refractivity (Wildman–Crippen MR) is 68.3 cm³/mol. The second-order valence-corrected chi connectivity index (χ2v) is 4.01. The van der Waals surface area contributed by atoms with E-state index in [1.807, 2.05) is 0 Å². The molecule has 0 fully saturated rings. The first-order valence-electron chi connectivity index (χ1n) is 5.78. The van der Waals surface area contributed by atoms with Gasteiger partial charge in [-0.25, -0.2) is 4.98 Å². The summed E-state index contributed by atoms with van der Waals surface area (Å²) in [5, 5.41) is 0. The molecular formula is C14H10F3NO3. The van der Waals surface area contributed by atoms with Crippen LogP contribution in [0, 0.1) is 0 Å². The molecular weight excluding hydrogens is 287 g/mol. The van der Waals surface area contributed by atoms with Crippen molar-refractivity contribution in [2.24, 2.45) is 0 Å². The van der Waals surface area contributed by atoms with E-state index < -0.39 is 6.36 Å². The number of methoxy groups -OCH3 is 1. The third-order valence-corrected chi connectivity index (χ3v) is 2.62. The SMILES string of the molecule is COc1ncc(-c2ccc(OC(F)(F)F)cc2)cc1C=O. The Kier molecular flexibility index (Phi) is 4.11. The molecule has 2 rings (SSSR count). The van der Waals surface area contributed by atoms with Gasteiger partial charge in [-0.1, -0.05) is 12.1 Å². The molecule has 0 bridgehead atoms. The number of halogens is 3. The van der Waals surface area contributed by atoms with Crippen molar-refractivity contribution >= 4 is 6.29 Å². The minimum absolute atomic E-state index is 0.186. The first-order chi connectivity index (χ1) is 9.93. The van der Waals surface area contributed by atoms with Gasteiger partial charge in [-0.05, 0) is 23.8 Å². The molecule has 0 aliphatic heterocycles. The highest BCUT2D eigenvalue weighted by Crippen LogP contribution is 2.27. The lowest BCUT2D eigenvalue weighted by atomic mass is 10.1. The summed E-state index contributed by atoms with van der Waals surface area (Å²) in [5.41, 5.74) is 1.44. The molecule has 0 N–H and O–H groups in total. The molecule has 1 aromatic heterocycles. The van der Waals surface area contributed by atoms with E-state index in [2.05, 4.69) is 9.72 Å². The zero-order valence-electron chi connectivity index (χ0n) is 10.8. The molecule has 0 radical (unpaired) electrons. The van der Waals surface area contributed by atoms with E-state index in [0.29, 0.717) is 17.4 Å². The van der Waals surface area contributed by atoms with Crippen LogP contribution in [0.2, 0.25) is 0 Å². The monoisotopic (exact) mass is 297 g/mol. The first kappa shape index (κ1) is 14.8. The molecule has 21 heavy (non-hydrogen) atoms. The molecule has 0 amide bonds. The van der Waals surface area contributed by atoms with E-state index in [-0.39, 0.29) is 17.2 Å². The van der Waals surface area contributed by atoms with Crippen molar-refractivity contribution in [2.75, 3.05) is 7.11 Å². The largest absolute Gasteiger partial charge is 0.573 e. The number of pyridine rings is 1. The van der Waals surface area contributed by atoms with Gasteiger partial charge in [-0.3, -0.25) is 4.79 Å². The lowest BCUT2D eigenvalue weighted by Gasteiger charge is -2.10. The van der Waals surface area contributed by atoms with E-state index in [0.717, 1.165) is 0 Å². The van der Waals surface area contributed by atoms with Gasteiger partial charge in [0.15, 0.2) is 6.29 Å². The average Bonchev–Trinajstić information content (AvgIpc) is 2.45. The highest BCUT2D eigenvalue weighted by atomic mass is 19.4. The van der Waals surface area contributed by atoms with Crippen LogP contribution in [0.15, 0.2) is 36.5 Å². The van der Waals surface area contributed by atoms with Crippen LogP contribution in [-0.4, -0.2) is 24.7 Å². The highest BCUT2D eigenvalue weighted by molar-refractivity contribution is 5.81. The standard InChI is InChI=1S/C14H10F3NO3/c1-20-13-11(8-19)6-10(7-18-13)9-2-4-12(5-3-9)21-14(15,16)17/h2-8H,1H3. The number of aldehydes is 1. The van der Waals surface area contributed by atoms with Gasteiger partial charge in [0.2, 0.25) is 5.88 Å². The smallest absolute Gasteiger partial charge is 0.480 e. The van der Waals surface area contributed by atoms with Gasteiger partial charge in [-0.15, -0.1) is 13.2 Å². The summed E-state index contributed by atoms with van der Waals surface area (Å²) in [7, 11) is 1.39. The van der Waals surface area contributed by atoms with E-state index >= 15 is 0 Å². The van der Waals surface area contributed by atoms with Gasteiger partial charge in [0.25, 0.3) is 0 Å². The Labute approximate surface area is 118 Å². The van der Waals surface area contributed by atoms with Crippen LogP contribution in [0.4, 0.5) is 13.2 Å². The Morgan fingerprint density at radius 2 is 1.81 bits per heavy atom. The van der Waals surface area contributed by atoms with Gasteiger partial charge < -0.3 is 9.47 Å². The highest BCUT2D eigenvalue weighted by Gasteiger charge is 2.30. The number of alkyl halides is 3. The lowest BCUT2D eigenvalue weighted by molar-refractivity contribution is -0.274. The van der Waals surface area contributed by atoms with E-state index in [1.54, 1.807) is 6.07 Å². The Morgan fingerprint density at radius 3 is 2.33 bits per heavy atom. The van der Waals surface area contributed by atoms with Crippen molar-refractivity contribution in [3.05, 3.63) is 42.1 Å². The number of hydrogen-bond acceptors (Lipinski definition) is 4. The fourth-order valence-corrected chi connectivity index (χ4v) is 1.73. The molecule has 0 aliphatic rings. The number of benzene rings is 1. The van der Waals surface area contributed by atoms with Crippen LogP contribution in [0.3, 0.4) is 0 Å². The Balaban J connectivity index is 2.28. The maximum Gasteiger partial charge on any atom is 0.573 e. The fraction of sp³-hybridized carbons (Fsp3) is 0.143. The van der Waals surface area contributed by atoms with Gasteiger partial charge in [-0.2, -0.15) is 0 Å². The number of rotatable bonds is 4. The average molecular weight is 297 g/mol.